The summed E-state index contributed by atoms with van der Waals surface area (Å²) in [6.07, 6.45) is 16.6. The van der Waals surface area contributed by atoms with Crippen LogP contribution in [-0.2, 0) is 0 Å². The van der Waals surface area contributed by atoms with E-state index in [9.17, 15) is 18.4 Å². The van der Waals surface area contributed by atoms with Crippen molar-refractivity contribution in [2.45, 2.75) is 90.9 Å². The predicted octanol–water partition coefficient (Wildman–Crippen LogP) is 14.0. The van der Waals surface area contributed by atoms with Crippen molar-refractivity contribution >= 4 is 47.3 Å². The molecule has 0 aliphatic carbocycles. The van der Waals surface area contributed by atoms with Gasteiger partial charge in [0, 0.05) is 30.6 Å². The molecule has 0 aliphatic rings. The lowest BCUT2D eigenvalue weighted by Crippen LogP contribution is -2.10. The molecule has 0 fully saturated rings. The van der Waals surface area contributed by atoms with Crippen LogP contribution in [0.3, 0.4) is 0 Å². The number of halogens is 3. The van der Waals surface area contributed by atoms with E-state index in [2.05, 4.69) is 23.8 Å². The van der Waals surface area contributed by atoms with Gasteiger partial charge in [0.15, 0.2) is 28.9 Å². The number of carbonyl (C=O) groups is 2. The van der Waals surface area contributed by atoms with Crippen molar-refractivity contribution in [1.29, 1.82) is 0 Å². The molecule has 0 bridgehead atoms. The maximum Gasteiger partial charge on any atom is 0.343 e. The molecule has 61 heavy (non-hydrogen) atoms. The van der Waals surface area contributed by atoms with E-state index in [-0.39, 0.29) is 39.1 Å². The van der Waals surface area contributed by atoms with E-state index in [1.54, 1.807) is 85.2 Å². The Balaban J connectivity index is 1.08. The van der Waals surface area contributed by atoms with Crippen molar-refractivity contribution < 1.29 is 37.3 Å². The highest BCUT2D eigenvalue weighted by Crippen LogP contribution is 2.31. The normalized spacial score (nSPS) is 11.3. The zero-order chi connectivity index (χ0) is 43.2. The number of nitrogens with zero attached hydrogens (tertiary/aromatic N) is 2. The summed E-state index contributed by atoms with van der Waals surface area (Å²) in [5, 5.41) is 0.141. The fraction of sp³-hybridized carbons (Fsp3) is 0.320. The van der Waals surface area contributed by atoms with Crippen LogP contribution in [-0.4, -0.2) is 37.6 Å². The van der Waals surface area contributed by atoms with Crippen molar-refractivity contribution in [3.8, 4) is 23.0 Å². The number of hydrogen-bond donors (Lipinski definition) is 0. The minimum absolute atomic E-state index is 0.00410. The molecule has 8 nitrogen and oxygen atoms in total. The Morgan fingerprint density at radius 1 is 0.525 bits per heavy atom. The highest BCUT2D eigenvalue weighted by atomic mass is 35.5. The predicted molar refractivity (Wildman–Crippen MR) is 239 cm³/mol. The van der Waals surface area contributed by atoms with Gasteiger partial charge in [-0.1, -0.05) is 114 Å². The molecule has 0 spiro atoms. The Kier molecular flexibility index (Phi) is 19.0. The summed E-state index contributed by atoms with van der Waals surface area (Å²) >= 11 is 6.32. The SMILES string of the molecule is CCCCCCCCOc1ccc(N=Cc2ccc(C(=O)Oc3ccc(Cl)c(OC(=O)c4ccc(C=Nc5ccc(OCCCCCCCC)c(F)c5)cc4)c3)cc2)cc1F. The zero-order valence-corrected chi connectivity index (χ0v) is 35.6. The number of ether oxygens (including phenoxy) is 4. The van der Waals surface area contributed by atoms with Crippen LogP contribution in [0.25, 0.3) is 0 Å². The molecular formula is C50H53ClF2N2O6. The molecule has 0 aromatic heterocycles. The third-order valence-electron chi connectivity index (χ3n) is 9.68. The van der Waals surface area contributed by atoms with Crippen LogP contribution in [0.15, 0.2) is 113 Å². The smallest absolute Gasteiger partial charge is 0.343 e. The molecule has 0 amide bonds. The summed E-state index contributed by atoms with van der Waals surface area (Å²) in [6.45, 7) is 5.31. The van der Waals surface area contributed by atoms with E-state index in [0.717, 1.165) is 38.5 Å². The lowest BCUT2D eigenvalue weighted by Gasteiger charge is -2.10. The first-order valence-corrected chi connectivity index (χ1v) is 21.5. The molecule has 0 saturated carbocycles. The van der Waals surface area contributed by atoms with Crippen molar-refractivity contribution in [3.05, 3.63) is 142 Å². The molecule has 11 heteroatoms. The first-order chi connectivity index (χ1) is 29.7. The number of aliphatic imine (C=N–C) groups is 2. The molecule has 0 radical (unpaired) electrons. The van der Waals surface area contributed by atoms with Crippen molar-refractivity contribution in [1.82, 2.24) is 0 Å². The number of benzene rings is 5. The standard InChI is InChI=1S/C50H53ClF2N2O6/c1-3-5-7-9-11-13-29-58-46-27-23-40(31-44(46)52)54-34-36-15-19-38(20-16-36)49(56)60-42-25-26-43(51)48(33-42)61-50(57)39-21-17-37(18-22-39)35-55-41-24-28-47(45(53)32-41)59-30-14-12-10-8-6-4-2/h15-28,31-35H,3-14,29-30H2,1-2H3. The number of unbranched alkanes of at least 4 members (excludes halogenated alkanes) is 10. The highest BCUT2D eigenvalue weighted by molar-refractivity contribution is 6.32. The van der Waals surface area contributed by atoms with E-state index >= 15 is 0 Å². The van der Waals surface area contributed by atoms with Gasteiger partial charge < -0.3 is 18.9 Å². The van der Waals surface area contributed by atoms with Crippen LogP contribution in [0, 0.1) is 11.6 Å². The van der Waals surface area contributed by atoms with Crippen LogP contribution >= 0.6 is 11.6 Å². The maximum absolute atomic E-state index is 14.6. The molecule has 0 saturated heterocycles. The van der Waals surface area contributed by atoms with Gasteiger partial charge >= 0.3 is 11.9 Å². The van der Waals surface area contributed by atoms with Gasteiger partial charge in [-0.3, -0.25) is 9.98 Å². The van der Waals surface area contributed by atoms with E-state index in [0.29, 0.717) is 35.7 Å². The van der Waals surface area contributed by atoms with Gasteiger partial charge in [-0.2, -0.15) is 0 Å². The average molecular weight is 851 g/mol. The van der Waals surface area contributed by atoms with Crippen LogP contribution in [0.4, 0.5) is 20.2 Å². The largest absolute Gasteiger partial charge is 0.491 e. The molecule has 0 N–H and O–H groups in total. The molecule has 0 heterocycles. The number of hydrogen-bond acceptors (Lipinski definition) is 8. The Morgan fingerprint density at radius 3 is 1.43 bits per heavy atom. The van der Waals surface area contributed by atoms with Gasteiger partial charge in [0.05, 0.1) is 40.7 Å². The minimum atomic E-state index is -0.680. The van der Waals surface area contributed by atoms with Crippen LogP contribution < -0.4 is 18.9 Å². The minimum Gasteiger partial charge on any atom is -0.491 e. The molecule has 0 atom stereocenters. The highest BCUT2D eigenvalue weighted by Gasteiger charge is 2.15. The van der Waals surface area contributed by atoms with Crippen molar-refractivity contribution in [3.63, 3.8) is 0 Å². The van der Waals surface area contributed by atoms with E-state index < -0.39 is 23.6 Å². The molecule has 0 unspecified atom stereocenters. The number of rotatable bonds is 24. The third-order valence-corrected chi connectivity index (χ3v) is 9.99. The first-order valence-electron chi connectivity index (χ1n) is 21.1. The van der Waals surface area contributed by atoms with E-state index in [1.165, 1.54) is 68.9 Å². The van der Waals surface area contributed by atoms with Gasteiger partial charge in [-0.15, -0.1) is 0 Å². The maximum atomic E-state index is 14.6. The Labute approximate surface area is 362 Å². The lowest BCUT2D eigenvalue weighted by molar-refractivity contribution is 0.0732. The zero-order valence-electron chi connectivity index (χ0n) is 34.8. The molecule has 320 valence electrons. The van der Waals surface area contributed by atoms with E-state index in [4.69, 9.17) is 30.5 Å². The number of carbonyl (C=O) groups excluding carboxylic acids is 2. The first kappa shape index (κ1) is 46.2. The van der Waals surface area contributed by atoms with Crippen LogP contribution in [0.1, 0.15) is 123 Å². The molecular weight excluding hydrogens is 798 g/mol. The second kappa shape index (κ2) is 25.0. The Bertz CT molecular complexity index is 2230. The summed E-state index contributed by atoms with van der Waals surface area (Å²) < 4.78 is 51.5. The van der Waals surface area contributed by atoms with Gasteiger partial charge in [0.1, 0.15) is 5.75 Å². The Morgan fingerprint density at radius 2 is 0.967 bits per heavy atom. The van der Waals surface area contributed by atoms with Crippen LogP contribution in [0.2, 0.25) is 5.02 Å². The van der Waals surface area contributed by atoms with Gasteiger partial charge in [0.2, 0.25) is 0 Å². The second-order valence-electron chi connectivity index (χ2n) is 14.6. The number of esters is 2. The molecule has 5 rings (SSSR count). The van der Waals surface area contributed by atoms with Crippen LogP contribution in [0.5, 0.6) is 23.0 Å². The molecule has 5 aromatic carbocycles. The van der Waals surface area contributed by atoms with E-state index in [1.807, 2.05) is 0 Å². The molecule has 0 aliphatic heterocycles. The second-order valence-corrected chi connectivity index (χ2v) is 15.0. The molecule has 5 aromatic rings. The van der Waals surface area contributed by atoms with Gasteiger partial charge in [0.25, 0.3) is 0 Å². The summed E-state index contributed by atoms with van der Waals surface area (Å²) in [4.78, 5) is 34.7. The fourth-order valence-corrected chi connectivity index (χ4v) is 6.32. The summed E-state index contributed by atoms with van der Waals surface area (Å²) in [5.41, 5.74) is 2.72. The summed E-state index contributed by atoms with van der Waals surface area (Å²) in [5.74, 6) is -1.75. The summed E-state index contributed by atoms with van der Waals surface area (Å²) in [6, 6.07) is 26.5. The average Bonchev–Trinajstić information content (AvgIpc) is 3.27. The van der Waals surface area contributed by atoms with Crippen molar-refractivity contribution in [2.75, 3.05) is 13.2 Å². The third kappa shape index (κ3) is 15.6. The van der Waals surface area contributed by atoms with Crippen molar-refractivity contribution in [2.24, 2.45) is 9.98 Å². The monoisotopic (exact) mass is 850 g/mol. The Hall–Kier alpha value is -5.87. The topological polar surface area (TPSA) is 95.8 Å². The summed E-state index contributed by atoms with van der Waals surface area (Å²) in [7, 11) is 0. The quantitative estimate of drug-likeness (QED) is 0.0265. The lowest BCUT2D eigenvalue weighted by atomic mass is 10.1. The van der Waals surface area contributed by atoms with Gasteiger partial charge in [-0.25, -0.2) is 18.4 Å². The fourth-order valence-electron chi connectivity index (χ4n) is 6.16. The van der Waals surface area contributed by atoms with Gasteiger partial charge in [-0.05, 0) is 84.6 Å².